The van der Waals surface area contributed by atoms with E-state index in [1.54, 1.807) is 19.1 Å². The SMILES string of the molecule is Cc1cc(C(=O)N(Cc2ccccc2)C(C)C2CC2)ccc1[N+](=O)[O-]. The molecule has 1 aliphatic carbocycles. The highest BCUT2D eigenvalue weighted by Gasteiger charge is 2.34. The van der Waals surface area contributed by atoms with E-state index in [1.807, 2.05) is 35.2 Å². The third kappa shape index (κ3) is 3.87. The molecule has 1 fully saturated rings. The Labute approximate surface area is 147 Å². The molecule has 3 rings (SSSR count). The largest absolute Gasteiger partial charge is 0.331 e. The Kier molecular flexibility index (Phi) is 4.83. The maximum atomic E-state index is 13.1. The minimum atomic E-state index is -0.419. The number of aryl methyl sites for hydroxylation is 1. The second-order valence-corrected chi connectivity index (χ2v) is 6.76. The number of benzene rings is 2. The van der Waals surface area contributed by atoms with Gasteiger partial charge < -0.3 is 4.90 Å². The van der Waals surface area contributed by atoms with Gasteiger partial charge in [0.2, 0.25) is 0 Å². The summed E-state index contributed by atoms with van der Waals surface area (Å²) in [6.07, 6.45) is 2.30. The fraction of sp³-hybridized carbons (Fsp3) is 0.350. The van der Waals surface area contributed by atoms with Crippen molar-refractivity contribution in [2.75, 3.05) is 0 Å². The standard InChI is InChI=1S/C20H22N2O3/c1-14-12-18(10-11-19(14)22(24)25)20(23)21(15(2)17-8-9-17)13-16-6-4-3-5-7-16/h3-7,10-12,15,17H,8-9,13H2,1-2H3. The van der Waals surface area contributed by atoms with Crippen LogP contribution in [0.1, 0.15) is 41.3 Å². The molecule has 0 spiro atoms. The zero-order valence-corrected chi connectivity index (χ0v) is 14.5. The van der Waals surface area contributed by atoms with Gasteiger partial charge in [-0.15, -0.1) is 0 Å². The number of nitro groups is 1. The van der Waals surface area contributed by atoms with Crippen molar-refractivity contribution in [3.63, 3.8) is 0 Å². The number of rotatable bonds is 6. The third-order valence-corrected chi connectivity index (χ3v) is 4.89. The molecule has 2 aromatic carbocycles. The second kappa shape index (κ2) is 7.05. The second-order valence-electron chi connectivity index (χ2n) is 6.76. The Morgan fingerprint density at radius 2 is 1.92 bits per heavy atom. The summed E-state index contributed by atoms with van der Waals surface area (Å²) in [5.41, 5.74) is 2.14. The Morgan fingerprint density at radius 3 is 2.48 bits per heavy atom. The van der Waals surface area contributed by atoms with Crippen molar-refractivity contribution < 1.29 is 9.72 Å². The van der Waals surface area contributed by atoms with Gasteiger partial charge in [0.05, 0.1) is 4.92 Å². The van der Waals surface area contributed by atoms with Gasteiger partial charge in [-0.1, -0.05) is 30.3 Å². The summed E-state index contributed by atoms with van der Waals surface area (Å²) < 4.78 is 0. The number of nitrogens with zero attached hydrogens (tertiary/aromatic N) is 2. The predicted octanol–water partition coefficient (Wildman–Crippen LogP) is 4.34. The molecule has 25 heavy (non-hydrogen) atoms. The highest BCUT2D eigenvalue weighted by Crippen LogP contribution is 2.36. The van der Waals surface area contributed by atoms with Crippen molar-refractivity contribution in [2.24, 2.45) is 5.92 Å². The Bertz CT molecular complexity index is 785. The van der Waals surface area contributed by atoms with Gasteiger partial charge in [-0.2, -0.15) is 0 Å². The molecule has 2 aromatic rings. The Morgan fingerprint density at radius 1 is 1.24 bits per heavy atom. The fourth-order valence-corrected chi connectivity index (χ4v) is 3.17. The van der Waals surface area contributed by atoms with E-state index in [0.717, 1.165) is 18.4 Å². The van der Waals surface area contributed by atoms with Crippen LogP contribution in [0.4, 0.5) is 5.69 Å². The molecule has 1 unspecified atom stereocenters. The molecule has 0 N–H and O–H groups in total. The van der Waals surface area contributed by atoms with Crippen molar-refractivity contribution in [1.29, 1.82) is 0 Å². The van der Waals surface area contributed by atoms with Crippen LogP contribution >= 0.6 is 0 Å². The van der Waals surface area contributed by atoms with Crippen molar-refractivity contribution in [3.05, 3.63) is 75.3 Å². The number of hydrogen-bond acceptors (Lipinski definition) is 3. The topological polar surface area (TPSA) is 63.5 Å². The number of nitro benzene ring substituents is 1. The summed E-state index contributed by atoms with van der Waals surface area (Å²) in [5, 5.41) is 11.0. The molecular formula is C20H22N2O3. The van der Waals surface area contributed by atoms with E-state index >= 15 is 0 Å². The number of hydrogen-bond donors (Lipinski definition) is 0. The first-order valence-corrected chi connectivity index (χ1v) is 8.57. The van der Waals surface area contributed by atoms with Gasteiger partial charge in [-0.05, 0) is 50.3 Å². The molecule has 0 aliphatic heterocycles. The molecule has 0 heterocycles. The maximum Gasteiger partial charge on any atom is 0.272 e. The van der Waals surface area contributed by atoms with Crippen LogP contribution in [0, 0.1) is 23.0 Å². The number of amides is 1. The van der Waals surface area contributed by atoms with Gasteiger partial charge in [-0.3, -0.25) is 14.9 Å². The van der Waals surface area contributed by atoms with Crippen LogP contribution in [-0.4, -0.2) is 21.8 Å². The van der Waals surface area contributed by atoms with Crippen molar-refractivity contribution >= 4 is 11.6 Å². The van der Waals surface area contributed by atoms with Crippen LogP contribution in [0.3, 0.4) is 0 Å². The van der Waals surface area contributed by atoms with E-state index in [4.69, 9.17) is 0 Å². The highest BCUT2D eigenvalue weighted by atomic mass is 16.6. The van der Waals surface area contributed by atoms with Crippen LogP contribution in [0.25, 0.3) is 0 Å². The monoisotopic (exact) mass is 338 g/mol. The molecule has 0 bridgehead atoms. The number of carbonyl (C=O) groups is 1. The molecule has 1 atom stereocenters. The molecule has 1 amide bonds. The van der Waals surface area contributed by atoms with Crippen molar-refractivity contribution in [3.8, 4) is 0 Å². The molecule has 1 aliphatic rings. The summed E-state index contributed by atoms with van der Waals surface area (Å²) in [6, 6.07) is 14.7. The Hall–Kier alpha value is -2.69. The average molecular weight is 338 g/mol. The molecule has 5 nitrogen and oxygen atoms in total. The first-order chi connectivity index (χ1) is 12.0. The predicted molar refractivity (Wildman–Crippen MR) is 96.3 cm³/mol. The average Bonchev–Trinajstić information content (AvgIpc) is 3.44. The normalized spacial score (nSPS) is 14.8. The smallest absolute Gasteiger partial charge is 0.272 e. The zero-order valence-electron chi connectivity index (χ0n) is 14.5. The van der Waals surface area contributed by atoms with Crippen LogP contribution in [0.15, 0.2) is 48.5 Å². The van der Waals surface area contributed by atoms with Crippen molar-refractivity contribution in [2.45, 2.75) is 39.3 Å². The Balaban J connectivity index is 1.88. The zero-order chi connectivity index (χ0) is 18.0. The molecule has 1 saturated carbocycles. The van der Waals surface area contributed by atoms with E-state index in [-0.39, 0.29) is 17.6 Å². The lowest BCUT2D eigenvalue weighted by molar-refractivity contribution is -0.385. The summed E-state index contributed by atoms with van der Waals surface area (Å²) >= 11 is 0. The quantitative estimate of drug-likeness (QED) is 0.581. The first kappa shape index (κ1) is 17.1. The molecule has 0 radical (unpaired) electrons. The van der Waals surface area contributed by atoms with Crippen LogP contribution in [0.5, 0.6) is 0 Å². The van der Waals surface area contributed by atoms with Crippen molar-refractivity contribution in [1.82, 2.24) is 4.90 Å². The third-order valence-electron chi connectivity index (χ3n) is 4.89. The minimum Gasteiger partial charge on any atom is -0.331 e. The molecule has 130 valence electrons. The van der Waals surface area contributed by atoms with E-state index < -0.39 is 4.92 Å². The lowest BCUT2D eigenvalue weighted by Crippen LogP contribution is -2.39. The number of carbonyl (C=O) groups excluding carboxylic acids is 1. The molecule has 5 heteroatoms. The summed E-state index contributed by atoms with van der Waals surface area (Å²) in [4.78, 5) is 25.6. The maximum absolute atomic E-state index is 13.1. The van der Waals surface area contributed by atoms with Gasteiger partial charge in [0.25, 0.3) is 11.6 Å². The van der Waals surface area contributed by atoms with Gasteiger partial charge >= 0.3 is 0 Å². The first-order valence-electron chi connectivity index (χ1n) is 8.57. The van der Waals surface area contributed by atoms with Crippen LogP contribution in [0.2, 0.25) is 0 Å². The van der Waals surface area contributed by atoms with Gasteiger partial charge in [0.15, 0.2) is 0 Å². The van der Waals surface area contributed by atoms with E-state index in [1.165, 1.54) is 6.07 Å². The summed E-state index contributed by atoms with van der Waals surface area (Å²) in [5.74, 6) is 0.480. The molecular weight excluding hydrogens is 316 g/mol. The fourth-order valence-electron chi connectivity index (χ4n) is 3.17. The van der Waals surface area contributed by atoms with Crippen LogP contribution in [-0.2, 0) is 6.54 Å². The lowest BCUT2D eigenvalue weighted by Gasteiger charge is -2.30. The summed E-state index contributed by atoms with van der Waals surface area (Å²) in [7, 11) is 0. The van der Waals surface area contributed by atoms with E-state index in [9.17, 15) is 14.9 Å². The molecule has 0 saturated heterocycles. The highest BCUT2D eigenvalue weighted by molar-refractivity contribution is 5.95. The van der Waals surface area contributed by atoms with E-state index in [2.05, 4.69) is 6.92 Å². The van der Waals surface area contributed by atoms with Crippen LogP contribution < -0.4 is 0 Å². The molecule has 0 aromatic heterocycles. The van der Waals surface area contributed by atoms with E-state index in [0.29, 0.717) is 23.6 Å². The lowest BCUT2D eigenvalue weighted by atomic mass is 10.1. The van der Waals surface area contributed by atoms with Gasteiger partial charge in [0.1, 0.15) is 0 Å². The van der Waals surface area contributed by atoms with Gasteiger partial charge in [-0.25, -0.2) is 0 Å². The summed E-state index contributed by atoms with van der Waals surface area (Å²) in [6.45, 7) is 4.31. The minimum absolute atomic E-state index is 0.0430. The van der Waals surface area contributed by atoms with Gasteiger partial charge in [0, 0.05) is 29.8 Å².